The van der Waals surface area contributed by atoms with E-state index >= 15 is 0 Å². The van der Waals surface area contributed by atoms with Crippen molar-refractivity contribution in [2.24, 2.45) is 0 Å². The molecule has 1 aromatic carbocycles. The number of thioether (sulfide) groups is 1. The van der Waals surface area contributed by atoms with Crippen LogP contribution in [-0.2, 0) is 5.75 Å². The second-order valence-electron chi connectivity index (χ2n) is 4.52. The van der Waals surface area contributed by atoms with Crippen molar-refractivity contribution in [2.75, 3.05) is 0 Å². The van der Waals surface area contributed by atoms with Gasteiger partial charge in [-0.05, 0) is 30.5 Å². The first-order chi connectivity index (χ1) is 10.1. The highest BCUT2D eigenvalue weighted by molar-refractivity contribution is 7.98. The zero-order chi connectivity index (χ0) is 14.8. The van der Waals surface area contributed by atoms with E-state index in [1.807, 2.05) is 35.7 Å². The Kier molecular flexibility index (Phi) is 3.90. The molecule has 6 heteroatoms. The fourth-order valence-electron chi connectivity index (χ4n) is 1.93. The highest BCUT2D eigenvalue weighted by Gasteiger charge is 2.06. The minimum atomic E-state index is -0.0856. The van der Waals surface area contributed by atoms with E-state index in [-0.39, 0.29) is 11.3 Å². The minimum absolute atomic E-state index is 0.0560. The van der Waals surface area contributed by atoms with Crippen molar-refractivity contribution in [3.8, 4) is 0 Å². The summed E-state index contributed by atoms with van der Waals surface area (Å²) in [6.07, 6.45) is 0. The summed E-state index contributed by atoms with van der Waals surface area (Å²) in [6, 6.07) is 9.28. The van der Waals surface area contributed by atoms with E-state index in [4.69, 9.17) is 0 Å². The van der Waals surface area contributed by atoms with Gasteiger partial charge in [-0.15, -0.1) is 23.1 Å². The van der Waals surface area contributed by atoms with Crippen LogP contribution in [0.25, 0.3) is 10.2 Å². The highest BCUT2D eigenvalue weighted by Crippen LogP contribution is 2.22. The number of aromatic nitrogens is 2. The van der Waals surface area contributed by atoms with Crippen LogP contribution in [0.2, 0.25) is 0 Å². The number of benzene rings is 1. The average Bonchev–Trinajstić information content (AvgIpc) is 2.94. The molecule has 0 saturated heterocycles. The van der Waals surface area contributed by atoms with Crippen LogP contribution < -0.4 is 5.56 Å². The smallest absolute Gasteiger partial charge is 0.268 e. The second kappa shape index (κ2) is 5.83. The van der Waals surface area contributed by atoms with Crippen LogP contribution in [0, 0.1) is 0 Å². The Hall–Kier alpha value is -1.92. The molecule has 1 N–H and O–H groups in total. The van der Waals surface area contributed by atoms with Gasteiger partial charge in [-0.1, -0.05) is 12.1 Å². The molecule has 0 fully saturated rings. The molecule has 0 unspecified atom stereocenters. The fourth-order valence-corrected chi connectivity index (χ4v) is 3.42. The van der Waals surface area contributed by atoms with Crippen molar-refractivity contribution in [1.82, 2.24) is 9.97 Å². The normalized spacial score (nSPS) is 10.9. The Labute approximate surface area is 129 Å². The van der Waals surface area contributed by atoms with Crippen molar-refractivity contribution in [1.29, 1.82) is 0 Å². The SMILES string of the molecule is CC(=O)c1ccc(SCc2nc3ccsc3c(=O)[nH]2)cc1. The first-order valence-electron chi connectivity index (χ1n) is 6.34. The second-order valence-corrected chi connectivity index (χ2v) is 6.48. The van der Waals surface area contributed by atoms with Gasteiger partial charge in [0.1, 0.15) is 10.5 Å². The van der Waals surface area contributed by atoms with Crippen molar-refractivity contribution < 1.29 is 4.79 Å². The quantitative estimate of drug-likeness (QED) is 0.591. The molecular formula is C15H12N2O2S2. The van der Waals surface area contributed by atoms with Crippen LogP contribution >= 0.6 is 23.1 Å². The van der Waals surface area contributed by atoms with Gasteiger partial charge < -0.3 is 4.98 Å². The Morgan fingerprint density at radius 3 is 2.76 bits per heavy atom. The molecule has 3 aromatic rings. The molecule has 0 aliphatic rings. The van der Waals surface area contributed by atoms with E-state index in [2.05, 4.69) is 9.97 Å². The standard InChI is InChI=1S/C15H12N2O2S2/c1-9(18)10-2-4-11(5-3-10)21-8-13-16-12-6-7-20-14(12)15(19)17-13/h2-7H,8H2,1H3,(H,16,17,19). The summed E-state index contributed by atoms with van der Waals surface area (Å²) in [4.78, 5) is 31.4. The molecule has 0 radical (unpaired) electrons. The first kappa shape index (κ1) is 14.0. The molecule has 21 heavy (non-hydrogen) atoms. The number of hydrogen-bond donors (Lipinski definition) is 1. The van der Waals surface area contributed by atoms with Crippen LogP contribution in [0.4, 0.5) is 0 Å². The number of Topliss-reactive ketones (excluding diaryl/α,β-unsaturated/α-hetero) is 1. The lowest BCUT2D eigenvalue weighted by Crippen LogP contribution is -2.09. The van der Waals surface area contributed by atoms with Crippen LogP contribution in [0.5, 0.6) is 0 Å². The number of aromatic amines is 1. The Balaban J connectivity index is 1.76. The Bertz CT molecular complexity index is 850. The number of H-pyrrole nitrogens is 1. The van der Waals surface area contributed by atoms with E-state index in [9.17, 15) is 9.59 Å². The lowest BCUT2D eigenvalue weighted by molar-refractivity contribution is 0.101. The molecule has 3 rings (SSSR count). The third-order valence-electron chi connectivity index (χ3n) is 3.00. The maximum absolute atomic E-state index is 11.9. The molecular weight excluding hydrogens is 304 g/mol. The lowest BCUT2D eigenvalue weighted by atomic mass is 10.2. The van der Waals surface area contributed by atoms with Crippen molar-refractivity contribution in [2.45, 2.75) is 17.6 Å². The average molecular weight is 316 g/mol. The van der Waals surface area contributed by atoms with Gasteiger partial charge in [0.05, 0.1) is 11.3 Å². The van der Waals surface area contributed by atoms with E-state index < -0.39 is 0 Å². The molecule has 0 aliphatic carbocycles. The molecule has 0 aliphatic heterocycles. The summed E-state index contributed by atoms with van der Waals surface area (Å²) < 4.78 is 0.662. The zero-order valence-electron chi connectivity index (χ0n) is 11.3. The monoisotopic (exact) mass is 316 g/mol. The van der Waals surface area contributed by atoms with Gasteiger partial charge in [0.25, 0.3) is 5.56 Å². The number of carbonyl (C=O) groups excluding carboxylic acids is 1. The summed E-state index contributed by atoms with van der Waals surface area (Å²) in [5.74, 6) is 1.30. The van der Waals surface area contributed by atoms with Crippen LogP contribution in [-0.4, -0.2) is 15.8 Å². The highest BCUT2D eigenvalue weighted by atomic mass is 32.2. The first-order valence-corrected chi connectivity index (χ1v) is 8.20. The van der Waals surface area contributed by atoms with Gasteiger partial charge in [0.2, 0.25) is 0 Å². The molecule has 0 amide bonds. The van der Waals surface area contributed by atoms with E-state index in [1.54, 1.807) is 18.7 Å². The van der Waals surface area contributed by atoms with Crippen LogP contribution in [0.15, 0.2) is 45.4 Å². The summed E-state index contributed by atoms with van der Waals surface area (Å²) in [7, 11) is 0. The van der Waals surface area contributed by atoms with Crippen molar-refractivity contribution in [3.63, 3.8) is 0 Å². The lowest BCUT2D eigenvalue weighted by Gasteiger charge is -2.03. The Morgan fingerprint density at radius 1 is 1.29 bits per heavy atom. The predicted octanol–water partition coefficient (Wildman–Crippen LogP) is 3.48. The van der Waals surface area contributed by atoms with Gasteiger partial charge >= 0.3 is 0 Å². The van der Waals surface area contributed by atoms with Crippen LogP contribution in [0.3, 0.4) is 0 Å². The fraction of sp³-hybridized carbons (Fsp3) is 0.133. The van der Waals surface area contributed by atoms with Gasteiger partial charge in [0, 0.05) is 10.5 Å². The number of ketones is 1. The van der Waals surface area contributed by atoms with Gasteiger partial charge in [-0.25, -0.2) is 4.98 Å². The minimum Gasteiger partial charge on any atom is -0.309 e. The maximum Gasteiger partial charge on any atom is 0.268 e. The van der Waals surface area contributed by atoms with E-state index in [1.165, 1.54) is 11.3 Å². The summed E-state index contributed by atoms with van der Waals surface area (Å²) in [5, 5.41) is 1.87. The summed E-state index contributed by atoms with van der Waals surface area (Å²) in [5.41, 5.74) is 1.36. The zero-order valence-corrected chi connectivity index (χ0v) is 12.9. The molecule has 106 valence electrons. The van der Waals surface area contributed by atoms with Gasteiger partial charge in [-0.2, -0.15) is 0 Å². The number of nitrogens with one attached hydrogen (secondary N) is 1. The van der Waals surface area contributed by atoms with Crippen LogP contribution in [0.1, 0.15) is 23.1 Å². The molecule has 0 saturated carbocycles. The third-order valence-corrected chi connectivity index (χ3v) is 4.93. The van der Waals surface area contributed by atoms with E-state index in [0.717, 1.165) is 10.4 Å². The number of nitrogens with zero attached hydrogens (tertiary/aromatic N) is 1. The Morgan fingerprint density at radius 2 is 2.05 bits per heavy atom. The molecule has 2 heterocycles. The third kappa shape index (κ3) is 3.06. The van der Waals surface area contributed by atoms with E-state index in [0.29, 0.717) is 21.8 Å². The summed E-state index contributed by atoms with van der Waals surface area (Å²) >= 11 is 2.97. The molecule has 0 spiro atoms. The number of fused-ring (bicyclic) bond motifs is 1. The van der Waals surface area contributed by atoms with Crippen molar-refractivity contribution >= 4 is 39.1 Å². The maximum atomic E-state index is 11.9. The number of hydrogen-bond acceptors (Lipinski definition) is 5. The van der Waals surface area contributed by atoms with Gasteiger partial charge in [-0.3, -0.25) is 9.59 Å². The molecule has 0 bridgehead atoms. The predicted molar refractivity (Wildman–Crippen MR) is 86.2 cm³/mol. The topological polar surface area (TPSA) is 62.8 Å². The number of rotatable bonds is 4. The summed E-state index contributed by atoms with van der Waals surface area (Å²) in [6.45, 7) is 1.55. The number of thiophene rings is 1. The molecule has 4 nitrogen and oxygen atoms in total. The van der Waals surface area contributed by atoms with Crippen molar-refractivity contribution in [3.05, 3.63) is 57.5 Å². The largest absolute Gasteiger partial charge is 0.309 e. The van der Waals surface area contributed by atoms with Gasteiger partial charge in [0.15, 0.2) is 5.78 Å². The molecule has 0 atom stereocenters. The molecule has 2 aromatic heterocycles. The number of carbonyl (C=O) groups is 1.